The van der Waals surface area contributed by atoms with Crippen LogP contribution in [-0.4, -0.2) is 23.2 Å². The van der Waals surface area contributed by atoms with Crippen LogP contribution in [0.4, 0.5) is 5.69 Å². The van der Waals surface area contributed by atoms with E-state index in [1.54, 1.807) is 11.6 Å². The molecular formula is C15H12BrNO3S2. The molecule has 1 aromatic carbocycles. The maximum Gasteiger partial charge on any atom is 0.339 e. The van der Waals surface area contributed by atoms with E-state index in [0.717, 1.165) is 10.0 Å². The van der Waals surface area contributed by atoms with Crippen LogP contribution in [0, 0.1) is 0 Å². The molecule has 1 heterocycles. The van der Waals surface area contributed by atoms with Crippen molar-refractivity contribution >= 4 is 56.6 Å². The predicted octanol–water partition coefficient (Wildman–Crippen LogP) is 4.69. The number of carboxylic acid groups (broad SMARTS) is 1. The Hall–Kier alpha value is -1.57. The lowest BCUT2D eigenvalue weighted by molar-refractivity contribution is -0.112. The van der Waals surface area contributed by atoms with Crippen molar-refractivity contribution < 1.29 is 14.7 Å². The van der Waals surface area contributed by atoms with Gasteiger partial charge in [-0.25, -0.2) is 4.79 Å². The zero-order chi connectivity index (χ0) is 16.3. The van der Waals surface area contributed by atoms with Crippen LogP contribution in [-0.2, 0) is 4.79 Å². The van der Waals surface area contributed by atoms with E-state index in [-0.39, 0.29) is 11.3 Å². The Morgan fingerprint density at radius 2 is 2.05 bits per heavy atom. The molecule has 22 heavy (non-hydrogen) atoms. The summed E-state index contributed by atoms with van der Waals surface area (Å²) in [7, 11) is 0. The summed E-state index contributed by atoms with van der Waals surface area (Å²) >= 11 is 5.90. The second-order valence-corrected chi connectivity index (χ2v) is 6.85. The summed E-state index contributed by atoms with van der Waals surface area (Å²) in [5.74, 6) is -1.48. The molecule has 0 saturated heterocycles. The molecule has 0 saturated carbocycles. The van der Waals surface area contributed by atoms with Gasteiger partial charge in [-0.3, -0.25) is 4.79 Å². The third kappa shape index (κ3) is 3.43. The van der Waals surface area contributed by atoms with E-state index in [1.165, 1.54) is 23.1 Å². The number of hydrogen-bond acceptors (Lipinski definition) is 4. The molecule has 0 aliphatic heterocycles. The highest BCUT2D eigenvalue weighted by Crippen LogP contribution is 2.39. The molecule has 7 heteroatoms. The van der Waals surface area contributed by atoms with Gasteiger partial charge in [0.1, 0.15) is 5.56 Å². The number of nitrogens with one attached hydrogen (secondary N) is 1. The van der Waals surface area contributed by atoms with E-state index in [1.807, 2.05) is 24.3 Å². The smallest absolute Gasteiger partial charge is 0.339 e. The summed E-state index contributed by atoms with van der Waals surface area (Å²) in [4.78, 5) is 24.4. The lowest BCUT2D eigenvalue weighted by atomic mass is 10.1. The summed E-state index contributed by atoms with van der Waals surface area (Å²) in [5, 5.41) is 13.7. The zero-order valence-corrected chi connectivity index (χ0v) is 14.8. The van der Waals surface area contributed by atoms with Crippen LogP contribution in [0.5, 0.6) is 0 Å². The summed E-state index contributed by atoms with van der Waals surface area (Å²) in [6.07, 6.45) is 1.74. The minimum Gasteiger partial charge on any atom is -0.478 e. The van der Waals surface area contributed by atoms with Crippen molar-refractivity contribution in [1.82, 2.24) is 0 Å². The third-order valence-corrected chi connectivity index (χ3v) is 5.25. The number of benzene rings is 1. The Balaban J connectivity index is 2.47. The van der Waals surface area contributed by atoms with Gasteiger partial charge in [-0.15, -0.1) is 23.1 Å². The quantitative estimate of drug-likeness (QED) is 0.717. The maximum atomic E-state index is 11.9. The predicted molar refractivity (Wildman–Crippen MR) is 95.7 cm³/mol. The summed E-state index contributed by atoms with van der Waals surface area (Å²) in [5.41, 5.74) is 1.14. The van der Waals surface area contributed by atoms with Crippen molar-refractivity contribution in [2.24, 2.45) is 0 Å². The Labute approximate surface area is 144 Å². The highest BCUT2D eigenvalue weighted by molar-refractivity contribution is 9.10. The molecule has 2 rings (SSSR count). The van der Waals surface area contributed by atoms with Crippen LogP contribution in [0.2, 0.25) is 0 Å². The number of aromatic carboxylic acids is 1. The molecule has 0 aliphatic carbocycles. The third-order valence-electron chi connectivity index (χ3n) is 2.87. The van der Waals surface area contributed by atoms with Crippen molar-refractivity contribution in [3.8, 4) is 10.4 Å². The molecule has 2 aromatic rings. The lowest BCUT2D eigenvalue weighted by Gasteiger charge is -2.07. The average molecular weight is 398 g/mol. The van der Waals surface area contributed by atoms with Gasteiger partial charge >= 0.3 is 5.97 Å². The number of carbonyl (C=O) groups is 2. The van der Waals surface area contributed by atoms with Crippen LogP contribution in [0.15, 0.2) is 45.6 Å². The fraction of sp³-hybridized carbons (Fsp3) is 0.0667. The molecule has 0 fully saturated rings. The minimum absolute atomic E-state index is 0.0825. The molecule has 2 N–H and O–H groups in total. The topological polar surface area (TPSA) is 66.4 Å². The highest BCUT2D eigenvalue weighted by atomic mass is 79.9. The first-order valence-corrected chi connectivity index (χ1v) is 8.99. The summed E-state index contributed by atoms with van der Waals surface area (Å²) in [6.45, 7) is 3.62. The summed E-state index contributed by atoms with van der Waals surface area (Å²) < 4.78 is 0.797. The molecule has 0 bridgehead atoms. The number of halogens is 1. The number of carbonyl (C=O) groups excluding carboxylic acids is 1. The van der Waals surface area contributed by atoms with E-state index < -0.39 is 11.9 Å². The number of hydrogen-bond donors (Lipinski definition) is 2. The fourth-order valence-electron chi connectivity index (χ4n) is 1.79. The van der Waals surface area contributed by atoms with Gasteiger partial charge in [-0.2, -0.15) is 0 Å². The van der Waals surface area contributed by atoms with Gasteiger partial charge in [0.2, 0.25) is 0 Å². The Bertz CT molecular complexity index is 755. The first-order chi connectivity index (χ1) is 10.5. The second kappa shape index (κ2) is 7.13. The standard InChI is InChI=1S/C15H12BrNO3S2/c1-8(21-2)14(18)17-11-7-22-13(12(11)15(19)20)9-5-3-4-6-10(9)16/h3-7H,1H2,2H3,(H,17,18)(H,19,20). The highest BCUT2D eigenvalue weighted by Gasteiger charge is 2.22. The van der Waals surface area contributed by atoms with Crippen LogP contribution in [0.3, 0.4) is 0 Å². The van der Waals surface area contributed by atoms with Gasteiger partial charge in [-0.05, 0) is 12.3 Å². The van der Waals surface area contributed by atoms with Crippen LogP contribution < -0.4 is 5.32 Å². The van der Waals surface area contributed by atoms with E-state index in [4.69, 9.17) is 0 Å². The number of amides is 1. The molecule has 0 atom stereocenters. The molecule has 1 amide bonds. The van der Waals surface area contributed by atoms with Crippen molar-refractivity contribution in [2.45, 2.75) is 0 Å². The Morgan fingerprint density at radius 3 is 2.64 bits per heavy atom. The molecule has 1 aromatic heterocycles. The van der Waals surface area contributed by atoms with Gasteiger partial charge in [0.15, 0.2) is 0 Å². The van der Waals surface area contributed by atoms with E-state index in [9.17, 15) is 14.7 Å². The number of anilines is 1. The molecule has 0 radical (unpaired) electrons. The van der Waals surface area contributed by atoms with Crippen molar-refractivity contribution in [1.29, 1.82) is 0 Å². The second-order valence-electron chi connectivity index (χ2n) is 4.22. The largest absolute Gasteiger partial charge is 0.478 e. The first kappa shape index (κ1) is 16.8. The number of thioether (sulfide) groups is 1. The van der Waals surface area contributed by atoms with Crippen LogP contribution >= 0.6 is 39.0 Å². The van der Waals surface area contributed by atoms with Crippen molar-refractivity contribution in [3.05, 3.63) is 51.2 Å². The number of rotatable bonds is 5. The number of carboxylic acids is 1. The zero-order valence-electron chi connectivity index (χ0n) is 11.6. The molecular weight excluding hydrogens is 386 g/mol. The van der Waals surface area contributed by atoms with Gasteiger partial charge < -0.3 is 10.4 Å². The normalized spacial score (nSPS) is 10.3. The van der Waals surface area contributed by atoms with E-state index in [0.29, 0.717) is 9.78 Å². The molecule has 0 spiro atoms. The van der Waals surface area contributed by atoms with E-state index in [2.05, 4.69) is 27.8 Å². The SMILES string of the molecule is C=C(SC)C(=O)Nc1csc(-c2ccccc2Br)c1C(=O)O. The first-order valence-electron chi connectivity index (χ1n) is 6.09. The van der Waals surface area contributed by atoms with Gasteiger partial charge in [0.25, 0.3) is 5.91 Å². The van der Waals surface area contributed by atoms with Crippen molar-refractivity contribution in [3.63, 3.8) is 0 Å². The average Bonchev–Trinajstić information content (AvgIpc) is 2.90. The number of thiophene rings is 1. The lowest BCUT2D eigenvalue weighted by Crippen LogP contribution is -2.14. The van der Waals surface area contributed by atoms with E-state index >= 15 is 0 Å². The van der Waals surface area contributed by atoms with Gasteiger partial charge in [-0.1, -0.05) is 40.7 Å². The Morgan fingerprint density at radius 1 is 1.36 bits per heavy atom. The monoisotopic (exact) mass is 397 g/mol. The Kier molecular flexibility index (Phi) is 5.44. The summed E-state index contributed by atoms with van der Waals surface area (Å²) in [6, 6.07) is 7.36. The molecule has 114 valence electrons. The van der Waals surface area contributed by atoms with Crippen LogP contribution in [0.1, 0.15) is 10.4 Å². The van der Waals surface area contributed by atoms with Gasteiger partial charge in [0, 0.05) is 15.4 Å². The maximum absolute atomic E-state index is 11.9. The fourth-order valence-corrected chi connectivity index (χ4v) is 3.67. The van der Waals surface area contributed by atoms with Gasteiger partial charge in [0.05, 0.1) is 15.5 Å². The van der Waals surface area contributed by atoms with Crippen molar-refractivity contribution in [2.75, 3.05) is 11.6 Å². The molecule has 0 aliphatic rings. The molecule has 0 unspecified atom stereocenters. The minimum atomic E-state index is -1.09. The van der Waals surface area contributed by atoms with Crippen LogP contribution in [0.25, 0.3) is 10.4 Å². The molecule has 4 nitrogen and oxygen atoms in total.